The van der Waals surface area contributed by atoms with Gasteiger partial charge in [-0.1, -0.05) is 25.1 Å². The second-order valence-electron chi connectivity index (χ2n) is 6.55. The van der Waals surface area contributed by atoms with E-state index in [4.69, 9.17) is 9.47 Å². The van der Waals surface area contributed by atoms with Gasteiger partial charge in [0.25, 0.3) is 5.56 Å². The van der Waals surface area contributed by atoms with Crippen LogP contribution in [0.5, 0.6) is 11.5 Å². The number of rotatable bonds is 9. The third-order valence-corrected chi connectivity index (χ3v) is 4.33. The summed E-state index contributed by atoms with van der Waals surface area (Å²) >= 11 is 0. The first-order chi connectivity index (χ1) is 14.6. The van der Waals surface area contributed by atoms with Crippen LogP contribution < -0.4 is 20.5 Å². The Kier molecular flexibility index (Phi) is 7.15. The number of carbonyl (C=O) groups is 1. The summed E-state index contributed by atoms with van der Waals surface area (Å²) in [5.41, 5.74) is 4.54. The van der Waals surface area contributed by atoms with Gasteiger partial charge in [0, 0.05) is 18.4 Å². The molecule has 0 unspecified atom stereocenters. The molecule has 2 aromatic carbocycles. The Morgan fingerprint density at radius 2 is 2.07 bits per heavy atom. The van der Waals surface area contributed by atoms with Gasteiger partial charge in [-0.05, 0) is 30.7 Å². The molecule has 0 bridgehead atoms. The third-order valence-electron chi connectivity index (χ3n) is 4.33. The van der Waals surface area contributed by atoms with E-state index in [1.54, 1.807) is 19.2 Å². The van der Waals surface area contributed by atoms with Crippen LogP contribution in [0.1, 0.15) is 31.0 Å². The number of ether oxygens (including phenoxy) is 2. The number of carbonyl (C=O) groups excluding carboxylic acids is 1. The summed E-state index contributed by atoms with van der Waals surface area (Å²) in [5.74, 6) is 0.853. The maximum Gasteiger partial charge on any atom is 0.270 e. The van der Waals surface area contributed by atoms with Crippen LogP contribution in [0.25, 0.3) is 11.0 Å². The topological polar surface area (TPSA) is 106 Å². The predicted octanol–water partition coefficient (Wildman–Crippen LogP) is 2.80. The molecular formula is C22H24N4O4. The molecule has 3 rings (SSSR count). The number of aromatic amines is 1. The predicted molar refractivity (Wildman–Crippen MR) is 115 cm³/mol. The second-order valence-corrected chi connectivity index (χ2v) is 6.55. The summed E-state index contributed by atoms with van der Waals surface area (Å²) in [6, 6.07) is 12.7. The summed E-state index contributed by atoms with van der Waals surface area (Å²) in [4.78, 5) is 31.4. The van der Waals surface area contributed by atoms with E-state index in [1.807, 2.05) is 37.3 Å². The van der Waals surface area contributed by atoms with Crippen molar-refractivity contribution < 1.29 is 14.3 Å². The van der Waals surface area contributed by atoms with Crippen molar-refractivity contribution in [3.05, 3.63) is 64.1 Å². The summed E-state index contributed by atoms with van der Waals surface area (Å²) in [6.45, 7) is 2.56. The molecule has 1 aromatic heterocycles. The lowest BCUT2D eigenvalue weighted by Gasteiger charge is -2.12. The van der Waals surface area contributed by atoms with Crippen LogP contribution in [-0.4, -0.2) is 35.8 Å². The standard InChI is InChI=1S/C22H24N4O4/c1-3-13-30-21-15(7-6-10-19(21)29-2)14-23-26-20(27)12-11-18-22(28)25-17-9-5-4-8-16(17)24-18/h4-10,14H,3,11-13H2,1-2H3,(H,25,28)(H,26,27)/b23-14-. The molecule has 0 spiro atoms. The summed E-state index contributed by atoms with van der Waals surface area (Å²) in [7, 11) is 1.57. The van der Waals surface area contributed by atoms with E-state index in [2.05, 4.69) is 20.5 Å². The third kappa shape index (κ3) is 5.22. The smallest absolute Gasteiger partial charge is 0.270 e. The van der Waals surface area contributed by atoms with Crippen LogP contribution in [0.3, 0.4) is 0 Å². The van der Waals surface area contributed by atoms with Crippen molar-refractivity contribution in [2.45, 2.75) is 26.2 Å². The zero-order valence-corrected chi connectivity index (χ0v) is 17.0. The average molecular weight is 408 g/mol. The van der Waals surface area contributed by atoms with Crippen LogP contribution >= 0.6 is 0 Å². The van der Waals surface area contributed by atoms with Gasteiger partial charge in [-0.25, -0.2) is 10.4 Å². The number of para-hydroxylation sites is 3. The maximum absolute atomic E-state index is 12.1. The highest BCUT2D eigenvalue weighted by molar-refractivity contribution is 5.86. The number of nitrogens with one attached hydrogen (secondary N) is 2. The van der Waals surface area contributed by atoms with Crippen LogP contribution in [0.15, 0.2) is 52.4 Å². The molecule has 8 heteroatoms. The number of benzene rings is 2. The van der Waals surface area contributed by atoms with E-state index >= 15 is 0 Å². The Morgan fingerprint density at radius 3 is 2.87 bits per heavy atom. The molecule has 0 radical (unpaired) electrons. The molecule has 0 aliphatic carbocycles. The van der Waals surface area contributed by atoms with Crippen molar-refractivity contribution in [3.8, 4) is 11.5 Å². The highest BCUT2D eigenvalue weighted by Gasteiger charge is 2.10. The van der Waals surface area contributed by atoms with Crippen LogP contribution in [0, 0.1) is 0 Å². The van der Waals surface area contributed by atoms with E-state index in [1.165, 1.54) is 6.21 Å². The van der Waals surface area contributed by atoms with E-state index in [-0.39, 0.29) is 24.3 Å². The highest BCUT2D eigenvalue weighted by Crippen LogP contribution is 2.30. The molecule has 156 valence electrons. The van der Waals surface area contributed by atoms with Gasteiger partial charge in [0.15, 0.2) is 11.5 Å². The lowest BCUT2D eigenvalue weighted by atomic mass is 10.2. The average Bonchev–Trinajstić information content (AvgIpc) is 2.76. The Balaban J connectivity index is 1.62. The number of nitrogens with zero attached hydrogens (tertiary/aromatic N) is 2. The van der Waals surface area contributed by atoms with Crippen LogP contribution in [0.2, 0.25) is 0 Å². The minimum atomic E-state index is -0.320. The first kappa shape index (κ1) is 21.0. The number of aryl methyl sites for hydroxylation is 1. The number of aromatic nitrogens is 2. The van der Waals surface area contributed by atoms with Gasteiger partial charge >= 0.3 is 0 Å². The molecular weight excluding hydrogens is 384 g/mol. The largest absolute Gasteiger partial charge is 0.493 e. The van der Waals surface area contributed by atoms with Crippen molar-refractivity contribution in [2.75, 3.05) is 13.7 Å². The molecule has 3 aromatic rings. The molecule has 0 saturated carbocycles. The zero-order chi connectivity index (χ0) is 21.3. The van der Waals surface area contributed by atoms with E-state index < -0.39 is 0 Å². The molecule has 8 nitrogen and oxygen atoms in total. The monoisotopic (exact) mass is 408 g/mol. The number of hydrogen-bond acceptors (Lipinski definition) is 6. The molecule has 30 heavy (non-hydrogen) atoms. The molecule has 0 fully saturated rings. The van der Waals surface area contributed by atoms with E-state index in [0.29, 0.717) is 40.4 Å². The molecule has 1 heterocycles. The molecule has 0 aliphatic heterocycles. The Morgan fingerprint density at radius 1 is 1.23 bits per heavy atom. The number of H-pyrrole nitrogens is 1. The lowest BCUT2D eigenvalue weighted by molar-refractivity contribution is -0.121. The zero-order valence-electron chi connectivity index (χ0n) is 17.0. The Labute approximate surface area is 173 Å². The van der Waals surface area contributed by atoms with Crippen molar-refractivity contribution in [2.24, 2.45) is 5.10 Å². The highest BCUT2D eigenvalue weighted by atomic mass is 16.5. The number of fused-ring (bicyclic) bond motifs is 1. The lowest BCUT2D eigenvalue weighted by Crippen LogP contribution is -2.21. The van der Waals surface area contributed by atoms with Gasteiger partial charge < -0.3 is 14.5 Å². The SMILES string of the molecule is CCCOc1c(/C=N\NC(=O)CCc2nc3ccccc3[nH]c2=O)cccc1OC. The van der Waals surface area contributed by atoms with Gasteiger partial charge in [-0.2, -0.15) is 5.10 Å². The molecule has 1 amide bonds. The van der Waals surface area contributed by atoms with Gasteiger partial charge in [0.2, 0.25) is 5.91 Å². The van der Waals surface area contributed by atoms with Crippen molar-refractivity contribution in [1.29, 1.82) is 0 Å². The minimum absolute atomic E-state index is 0.0864. The summed E-state index contributed by atoms with van der Waals surface area (Å²) in [5, 5.41) is 4.00. The van der Waals surface area contributed by atoms with Crippen LogP contribution in [-0.2, 0) is 11.2 Å². The van der Waals surface area contributed by atoms with Gasteiger partial charge in [-0.3, -0.25) is 9.59 Å². The molecule has 0 atom stereocenters. The van der Waals surface area contributed by atoms with Crippen molar-refractivity contribution >= 4 is 23.2 Å². The summed E-state index contributed by atoms with van der Waals surface area (Å²) in [6.07, 6.45) is 2.66. The minimum Gasteiger partial charge on any atom is -0.493 e. The maximum atomic E-state index is 12.1. The fraction of sp³-hybridized carbons (Fsp3) is 0.273. The molecule has 0 aliphatic rings. The number of hydrazone groups is 1. The van der Waals surface area contributed by atoms with Crippen molar-refractivity contribution in [1.82, 2.24) is 15.4 Å². The fourth-order valence-electron chi connectivity index (χ4n) is 2.85. The molecule has 2 N–H and O–H groups in total. The van der Waals surface area contributed by atoms with Gasteiger partial charge in [0.1, 0.15) is 5.69 Å². The number of hydrogen-bond donors (Lipinski definition) is 2. The van der Waals surface area contributed by atoms with Crippen LogP contribution in [0.4, 0.5) is 0 Å². The second kappa shape index (κ2) is 10.2. The first-order valence-electron chi connectivity index (χ1n) is 9.72. The summed E-state index contributed by atoms with van der Waals surface area (Å²) < 4.78 is 11.1. The number of amides is 1. The van der Waals surface area contributed by atoms with Gasteiger partial charge in [0.05, 0.1) is 31.0 Å². The Hall–Kier alpha value is -3.68. The van der Waals surface area contributed by atoms with E-state index in [9.17, 15) is 9.59 Å². The normalized spacial score (nSPS) is 11.0. The molecule has 0 saturated heterocycles. The Bertz CT molecular complexity index is 1110. The van der Waals surface area contributed by atoms with Crippen molar-refractivity contribution in [3.63, 3.8) is 0 Å². The van der Waals surface area contributed by atoms with E-state index in [0.717, 1.165) is 6.42 Å². The first-order valence-corrected chi connectivity index (χ1v) is 9.72. The number of methoxy groups -OCH3 is 1. The quantitative estimate of drug-likeness (QED) is 0.418. The van der Waals surface area contributed by atoms with Gasteiger partial charge in [-0.15, -0.1) is 0 Å². The fourth-order valence-corrected chi connectivity index (χ4v) is 2.85.